The quantitative estimate of drug-likeness (QED) is 0.306. The molecule has 1 atom stereocenters. The van der Waals surface area contributed by atoms with Crippen molar-refractivity contribution in [2.24, 2.45) is 0 Å². The van der Waals surface area contributed by atoms with Gasteiger partial charge in [0.1, 0.15) is 17.1 Å². The molecule has 1 aromatic heterocycles. The van der Waals surface area contributed by atoms with Crippen LogP contribution in [-0.2, 0) is 24.9 Å². The molecule has 0 fully saturated rings. The van der Waals surface area contributed by atoms with Crippen LogP contribution in [0.2, 0.25) is 0 Å². The second-order valence-electron chi connectivity index (χ2n) is 8.65. The number of nitrogens with one attached hydrogen (secondary N) is 1. The van der Waals surface area contributed by atoms with E-state index >= 15 is 0 Å². The lowest BCUT2D eigenvalue weighted by molar-refractivity contribution is 0.0110. The molecule has 0 spiro atoms. The van der Waals surface area contributed by atoms with Crippen molar-refractivity contribution in [2.45, 2.75) is 37.9 Å². The number of hydrogen-bond acceptors (Lipinski definition) is 4. The SMILES string of the molecule is C=CC(NC(=O)c1c(C(C)(F)F)nn2c1N(Cc1cccc(CCl)c1)CC2)c1ccc(C(=O)O)cc1. The largest absolute Gasteiger partial charge is 0.478 e. The van der Waals surface area contributed by atoms with Gasteiger partial charge in [0.2, 0.25) is 0 Å². The highest BCUT2D eigenvalue weighted by molar-refractivity contribution is 6.17. The van der Waals surface area contributed by atoms with Crippen molar-refractivity contribution in [2.75, 3.05) is 11.4 Å². The zero-order valence-electron chi connectivity index (χ0n) is 19.5. The molecule has 36 heavy (non-hydrogen) atoms. The highest BCUT2D eigenvalue weighted by atomic mass is 35.5. The number of carboxylic acids is 1. The highest BCUT2D eigenvalue weighted by Crippen LogP contribution is 2.38. The van der Waals surface area contributed by atoms with E-state index < -0.39 is 29.5 Å². The molecule has 4 rings (SSSR count). The monoisotopic (exact) mass is 514 g/mol. The van der Waals surface area contributed by atoms with E-state index in [2.05, 4.69) is 17.0 Å². The van der Waals surface area contributed by atoms with Crippen molar-refractivity contribution in [3.63, 3.8) is 0 Å². The van der Waals surface area contributed by atoms with Crippen molar-refractivity contribution in [3.05, 3.63) is 94.7 Å². The molecule has 1 amide bonds. The van der Waals surface area contributed by atoms with Crippen LogP contribution >= 0.6 is 11.6 Å². The van der Waals surface area contributed by atoms with E-state index in [4.69, 9.17) is 16.7 Å². The van der Waals surface area contributed by atoms with E-state index in [9.17, 15) is 18.4 Å². The minimum absolute atomic E-state index is 0.0872. The van der Waals surface area contributed by atoms with Gasteiger partial charge in [0.25, 0.3) is 11.8 Å². The molecule has 3 aromatic rings. The minimum atomic E-state index is -3.35. The lowest BCUT2D eigenvalue weighted by Crippen LogP contribution is -2.31. The molecule has 10 heteroatoms. The number of alkyl halides is 3. The van der Waals surface area contributed by atoms with E-state index in [0.717, 1.165) is 11.1 Å². The average Bonchev–Trinajstić information content (AvgIpc) is 3.43. The molecule has 188 valence electrons. The molecule has 2 heterocycles. The van der Waals surface area contributed by atoms with Crippen LogP contribution in [0.3, 0.4) is 0 Å². The molecule has 1 unspecified atom stereocenters. The van der Waals surface area contributed by atoms with E-state index in [0.29, 0.717) is 43.8 Å². The van der Waals surface area contributed by atoms with E-state index in [1.165, 1.54) is 22.9 Å². The number of aromatic carboxylic acids is 1. The molecule has 1 aliphatic heterocycles. The summed E-state index contributed by atoms with van der Waals surface area (Å²) < 4.78 is 30.6. The van der Waals surface area contributed by atoms with Crippen molar-refractivity contribution in [1.82, 2.24) is 15.1 Å². The number of halogens is 3. The normalized spacial score (nSPS) is 13.8. The summed E-state index contributed by atoms with van der Waals surface area (Å²) in [4.78, 5) is 26.5. The summed E-state index contributed by atoms with van der Waals surface area (Å²) in [5.41, 5.74) is 1.72. The summed E-state index contributed by atoms with van der Waals surface area (Å²) >= 11 is 5.95. The fraction of sp³-hybridized carbons (Fsp3) is 0.269. The highest BCUT2D eigenvalue weighted by Gasteiger charge is 2.40. The van der Waals surface area contributed by atoms with E-state index in [1.54, 1.807) is 12.1 Å². The number of hydrogen-bond donors (Lipinski definition) is 2. The standard InChI is InChI=1S/C26H25ClF2N4O3/c1-3-20(18-7-9-19(10-8-18)25(35)36)30-23(34)21-22(26(2,28)29)31-33-12-11-32(24(21)33)15-17-6-4-5-16(13-17)14-27/h3-10,13,20H,1,11-12,14-15H2,2H3,(H,30,34)(H,35,36). The minimum Gasteiger partial charge on any atom is -0.478 e. The Kier molecular flexibility index (Phi) is 7.12. The Morgan fingerprint density at radius 1 is 1.22 bits per heavy atom. The Balaban J connectivity index is 1.67. The first-order chi connectivity index (χ1) is 17.1. The maximum absolute atomic E-state index is 14.6. The van der Waals surface area contributed by atoms with Gasteiger partial charge in [0, 0.05) is 25.9 Å². The summed E-state index contributed by atoms with van der Waals surface area (Å²) in [7, 11) is 0. The van der Waals surface area contributed by atoms with Crippen molar-refractivity contribution in [3.8, 4) is 0 Å². The molecular formula is C26H25ClF2N4O3. The first kappa shape index (κ1) is 25.4. The fourth-order valence-corrected chi connectivity index (χ4v) is 4.44. The number of nitrogens with zero attached hydrogens (tertiary/aromatic N) is 3. The third kappa shape index (κ3) is 5.11. The first-order valence-electron chi connectivity index (χ1n) is 11.3. The van der Waals surface area contributed by atoms with Crippen LogP contribution in [0.15, 0.2) is 61.2 Å². The number of amides is 1. The number of anilines is 1. The molecule has 1 aliphatic rings. The molecular weight excluding hydrogens is 490 g/mol. The Bertz CT molecular complexity index is 1300. The Labute approximate surface area is 212 Å². The van der Waals surface area contributed by atoms with Crippen LogP contribution in [0.4, 0.5) is 14.6 Å². The maximum Gasteiger partial charge on any atom is 0.335 e. The van der Waals surface area contributed by atoms with Gasteiger partial charge in [-0.25, -0.2) is 9.48 Å². The predicted molar refractivity (Wildman–Crippen MR) is 133 cm³/mol. The number of aromatic nitrogens is 2. The second-order valence-corrected chi connectivity index (χ2v) is 8.92. The second kappa shape index (κ2) is 10.1. The van der Waals surface area contributed by atoms with Crippen LogP contribution in [0.5, 0.6) is 0 Å². The molecule has 0 bridgehead atoms. The third-order valence-corrected chi connectivity index (χ3v) is 6.32. The van der Waals surface area contributed by atoms with Gasteiger partial charge in [-0.3, -0.25) is 4.79 Å². The van der Waals surface area contributed by atoms with Crippen LogP contribution in [0.25, 0.3) is 0 Å². The van der Waals surface area contributed by atoms with Crippen LogP contribution in [-0.4, -0.2) is 33.3 Å². The lowest BCUT2D eigenvalue weighted by atomic mass is 10.0. The number of carbonyl (C=O) groups excluding carboxylic acids is 1. The number of rotatable bonds is 9. The molecule has 2 aromatic carbocycles. The van der Waals surface area contributed by atoms with Crippen LogP contribution in [0, 0.1) is 0 Å². The lowest BCUT2D eigenvalue weighted by Gasteiger charge is -2.22. The summed E-state index contributed by atoms with van der Waals surface area (Å²) in [5.74, 6) is -4.48. The van der Waals surface area contributed by atoms with Gasteiger partial charge in [-0.1, -0.05) is 42.5 Å². The van der Waals surface area contributed by atoms with Crippen molar-refractivity contribution in [1.29, 1.82) is 0 Å². The van der Waals surface area contributed by atoms with Gasteiger partial charge < -0.3 is 15.3 Å². The zero-order valence-corrected chi connectivity index (χ0v) is 20.3. The summed E-state index contributed by atoms with van der Waals surface area (Å²) in [6, 6.07) is 12.8. The molecule has 0 radical (unpaired) electrons. The topological polar surface area (TPSA) is 87.5 Å². The van der Waals surface area contributed by atoms with Gasteiger partial charge in [0.05, 0.1) is 18.2 Å². The number of carboxylic acid groups (broad SMARTS) is 1. The third-order valence-electron chi connectivity index (χ3n) is 6.01. The maximum atomic E-state index is 14.6. The Morgan fingerprint density at radius 3 is 2.53 bits per heavy atom. The molecule has 2 N–H and O–H groups in total. The summed E-state index contributed by atoms with van der Waals surface area (Å²) in [5, 5.41) is 16.0. The Morgan fingerprint density at radius 2 is 1.92 bits per heavy atom. The van der Waals surface area contributed by atoms with Crippen LogP contribution < -0.4 is 10.2 Å². The van der Waals surface area contributed by atoms with E-state index in [-0.39, 0.29) is 11.1 Å². The molecule has 0 saturated carbocycles. The number of benzene rings is 2. The average molecular weight is 515 g/mol. The molecule has 7 nitrogen and oxygen atoms in total. The van der Waals surface area contributed by atoms with Gasteiger partial charge in [0.15, 0.2) is 0 Å². The smallest absolute Gasteiger partial charge is 0.335 e. The molecule has 0 saturated heterocycles. The zero-order chi connectivity index (χ0) is 26.0. The number of fused-ring (bicyclic) bond motifs is 1. The van der Waals surface area contributed by atoms with Crippen LogP contribution in [0.1, 0.15) is 56.1 Å². The van der Waals surface area contributed by atoms with Crippen molar-refractivity contribution >= 4 is 29.3 Å². The summed E-state index contributed by atoms with van der Waals surface area (Å²) in [6.07, 6.45) is 1.45. The summed E-state index contributed by atoms with van der Waals surface area (Å²) in [6.45, 7) is 5.72. The van der Waals surface area contributed by atoms with Gasteiger partial charge in [-0.15, -0.1) is 18.2 Å². The van der Waals surface area contributed by atoms with Gasteiger partial charge in [-0.05, 0) is 28.8 Å². The van der Waals surface area contributed by atoms with E-state index in [1.807, 2.05) is 29.2 Å². The van der Waals surface area contributed by atoms with Gasteiger partial charge in [-0.2, -0.15) is 13.9 Å². The van der Waals surface area contributed by atoms with Crippen molar-refractivity contribution < 1.29 is 23.5 Å². The molecule has 0 aliphatic carbocycles. The van der Waals surface area contributed by atoms with Gasteiger partial charge >= 0.3 is 5.97 Å². The fourth-order valence-electron chi connectivity index (χ4n) is 4.28. The first-order valence-corrected chi connectivity index (χ1v) is 11.8. The number of carbonyl (C=O) groups is 2. The predicted octanol–water partition coefficient (Wildman–Crippen LogP) is 5.11. The Hall–Kier alpha value is -3.72.